The molecule has 0 saturated carbocycles. The highest BCUT2D eigenvalue weighted by Gasteiger charge is 2.03. The van der Waals surface area contributed by atoms with E-state index in [1.54, 1.807) is 0 Å². The first-order valence-corrected chi connectivity index (χ1v) is 6.83. The SMILES string of the molecule is CC(C)OCCCNC(=O)c1ccc(I)cc1. The maximum atomic E-state index is 11.7. The van der Waals surface area contributed by atoms with Gasteiger partial charge in [0.2, 0.25) is 0 Å². The van der Waals surface area contributed by atoms with Crippen LogP contribution < -0.4 is 5.32 Å². The van der Waals surface area contributed by atoms with Crippen molar-refractivity contribution in [2.45, 2.75) is 26.4 Å². The summed E-state index contributed by atoms with van der Waals surface area (Å²) >= 11 is 2.22. The topological polar surface area (TPSA) is 38.3 Å². The number of carbonyl (C=O) groups excluding carboxylic acids is 1. The van der Waals surface area contributed by atoms with Crippen LogP contribution in [-0.4, -0.2) is 25.2 Å². The molecule has 1 rings (SSSR count). The minimum Gasteiger partial charge on any atom is -0.379 e. The third kappa shape index (κ3) is 6.02. The summed E-state index contributed by atoms with van der Waals surface area (Å²) < 4.78 is 6.52. The van der Waals surface area contributed by atoms with E-state index in [0.717, 1.165) is 9.99 Å². The monoisotopic (exact) mass is 347 g/mol. The number of carbonyl (C=O) groups is 1. The molecule has 0 atom stereocenters. The summed E-state index contributed by atoms with van der Waals surface area (Å²) in [6.45, 7) is 5.34. The van der Waals surface area contributed by atoms with Crippen molar-refractivity contribution in [3.63, 3.8) is 0 Å². The van der Waals surface area contributed by atoms with Crippen molar-refractivity contribution in [2.75, 3.05) is 13.2 Å². The fraction of sp³-hybridized carbons (Fsp3) is 0.462. The Kier molecular flexibility index (Phi) is 6.50. The standard InChI is InChI=1S/C13H18INO2/c1-10(2)17-9-3-8-15-13(16)11-4-6-12(14)7-5-11/h4-7,10H,3,8-9H2,1-2H3,(H,15,16). The van der Waals surface area contributed by atoms with Gasteiger partial charge in [-0.2, -0.15) is 0 Å². The predicted molar refractivity (Wildman–Crippen MR) is 77.2 cm³/mol. The molecule has 1 aromatic carbocycles. The van der Waals surface area contributed by atoms with E-state index in [1.807, 2.05) is 38.1 Å². The lowest BCUT2D eigenvalue weighted by Crippen LogP contribution is -2.25. The summed E-state index contributed by atoms with van der Waals surface area (Å²) in [7, 11) is 0. The van der Waals surface area contributed by atoms with Crippen molar-refractivity contribution < 1.29 is 9.53 Å². The first kappa shape index (κ1) is 14.4. The van der Waals surface area contributed by atoms with Crippen molar-refractivity contribution in [1.29, 1.82) is 0 Å². The molecule has 0 spiro atoms. The number of ether oxygens (including phenoxy) is 1. The van der Waals surface area contributed by atoms with Gasteiger partial charge in [0.05, 0.1) is 6.10 Å². The number of hydrogen-bond acceptors (Lipinski definition) is 2. The molecule has 0 radical (unpaired) electrons. The predicted octanol–water partition coefficient (Wildman–Crippen LogP) is 2.84. The van der Waals surface area contributed by atoms with Gasteiger partial charge in [-0.3, -0.25) is 4.79 Å². The minimum atomic E-state index is -0.0223. The van der Waals surface area contributed by atoms with Gasteiger partial charge in [0.15, 0.2) is 0 Å². The Bertz CT molecular complexity index is 349. The smallest absolute Gasteiger partial charge is 0.251 e. The Morgan fingerprint density at radius 3 is 2.59 bits per heavy atom. The fourth-order valence-corrected chi connectivity index (χ4v) is 1.66. The third-order valence-corrected chi connectivity index (χ3v) is 2.88. The van der Waals surface area contributed by atoms with Gasteiger partial charge in [-0.15, -0.1) is 0 Å². The van der Waals surface area contributed by atoms with Crippen molar-refractivity contribution in [3.8, 4) is 0 Å². The second kappa shape index (κ2) is 7.66. The average molecular weight is 347 g/mol. The summed E-state index contributed by atoms with van der Waals surface area (Å²) in [6.07, 6.45) is 1.09. The summed E-state index contributed by atoms with van der Waals surface area (Å²) in [5.74, 6) is -0.0223. The molecular weight excluding hydrogens is 329 g/mol. The van der Waals surface area contributed by atoms with Gasteiger partial charge in [-0.05, 0) is 67.1 Å². The molecule has 1 N–H and O–H groups in total. The van der Waals surface area contributed by atoms with E-state index < -0.39 is 0 Å². The largest absolute Gasteiger partial charge is 0.379 e. The van der Waals surface area contributed by atoms with Gasteiger partial charge < -0.3 is 10.1 Å². The van der Waals surface area contributed by atoms with Crippen LogP contribution in [0.5, 0.6) is 0 Å². The number of amides is 1. The van der Waals surface area contributed by atoms with E-state index in [2.05, 4.69) is 27.9 Å². The van der Waals surface area contributed by atoms with Crippen LogP contribution in [0.25, 0.3) is 0 Å². The van der Waals surface area contributed by atoms with Crippen LogP contribution in [-0.2, 0) is 4.74 Å². The third-order valence-electron chi connectivity index (χ3n) is 2.16. The molecule has 94 valence electrons. The molecule has 17 heavy (non-hydrogen) atoms. The number of rotatable bonds is 6. The maximum absolute atomic E-state index is 11.7. The van der Waals surface area contributed by atoms with Gasteiger partial charge in [-0.25, -0.2) is 0 Å². The molecule has 0 heterocycles. The Morgan fingerprint density at radius 1 is 1.35 bits per heavy atom. The first-order valence-electron chi connectivity index (χ1n) is 5.75. The Balaban J connectivity index is 2.23. The van der Waals surface area contributed by atoms with Crippen molar-refractivity contribution in [3.05, 3.63) is 33.4 Å². The van der Waals surface area contributed by atoms with Crippen LogP contribution in [0.3, 0.4) is 0 Å². The zero-order valence-electron chi connectivity index (χ0n) is 10.2. The zero-order valence-corrected chi connectivity index (χ0v) is 12.4. The maximum Gasteiger partial charge on any atom is 0.251 e. The summed E-state index contributed by atoms with van der Waals surface area (Å²) in [4.78, 5) is 11.7. The normalized spacial score (nSPS) is 10.6. The molecule has 0 aliphatic rings. The Morgan fingerprint density at radius 2 is 2.00 bits per heavy atom. The summed E-state index contributed by atoms with van der Waals surface area (Å²) in [5, 5.41) is 2.87. The number of nitrogens with one attached hydrogen (secondary N) is 1. The molecule has 4 heteroatoms. The number of benzene rings is 1. The second-order valence-electron chi connectivity index (χ2n) is 4.04. The lowest BCUT2D eigenvalue weighted by Gasteiger charge is -2.08. The lowest BCUT2D eigenvalue weighted by atomic mass is 10.2. The van der Waals surface area contributed by atoms with Crippen LogP contribution in [0.4, 0.5) is 0 Å². The summed E-state index contributed by atoms with van der Waals surface area (Å²) in [6, 6.07) is 7.53. The van der Waals surface area contributed by atoms with Gasteiger partial charge in [0.1, 0.15) is 0 Å². The van der Waals surface area contributed by atoms with E-state index in [-0.39, 0.29) is 12.0 Å². The highest BCUT2D eigenvalue weighted by Crippen LogP contribution is 2.06. The van der Waals surface area contributed by atoms with Crippen molar-refractivity contribution in [1.82, 2.24) is 5.32 Å². The molecule has 3 nitrogen and oxygen atoms in total. The van der Waals surface area contributed by atoms with Crippen LogP contribution in [0.2, 0.25) is 0 Å². The zero-order chi connectivity index (χ0) is 12.7. The molecule has 0 bridgehead atoms. The van der Waals surface area contributed by atoms with E-state index in [4.69, 9.17) is 4.74 Å². The van der Waals surface area contributed by atoms with Gasteiger partial charge >= 0.3 is 0 Å². The molecule has 0 unspecified atom stereocenters. The minimum absolute atomic E-state index is 0.0223. The number of hydrogen-bond donors (Lipinski definition) is 1. The van der Waals surface area contributed by atoms with E-state index in [9.17, 15) is 4.79 Å². The van der Waals surface area contributed by atoms with Crippen LogP contribution >= 0.6 is 22.6 Å². The fourth-order valence-electron chi connectivity index (χ4n) is 1.30. The Hall–Kier alpha value is -0.620. The molecule has 0 saturated heterocycles. The molecule has 0 fully saturated rings. The van der Waals surface area contributed by atoms with Crippen LogP contribution in [0.15, 0.2) is 24.3 Å². The highest BCUT2D eigenvalue weighted by molar-refractivity contribution is 14.1. The average Bonchev–Trinajstić information content (AvgIpc) is 2.29. The molecule has 1 amide bonds. The van der Waals surface area contributed by atoms with E-state index >= 15 is 0 Å². The molecule has 0 aliphatic carbocycles. The molecular formula is C13H18INO2. The van der Waals surface area contributed by atoms with Crippen molar-refractivity contribution in [2.24, 2.45) is 0 Å². The number of halogens is 1. The molecule has 0 aliphatic heterocycles. The molecule has 0 aromatic heterocycles. The quantitative estimate of drug-likeness (QED) is 0.635. The lowest BCUT2D eigenvalue weighted by molar-refractivity contribution is 0.0757. The van der Waals surface area contributed by atoms with Crippen LogP contribution in [0.1, 0.15) is 30.6 Å². The summed E-state index contributed by atoms with van der Waals surface area (Å²) in [5.41, 5.74) is 0.704. The highest BCUT2D eigenvalue weighted by atomic mass is 127. The van der Waals surface area contributed by atoms with Gasteiger partial charge in [-0.1, -0.05) is 0 Å². The van der Waals surface area contributed by atoms with Gasteiger partial charge in [0.25, 0.3) is 5.91 Å². The van der Waals surface area contributed by atoms with Crippen molar-refractivity contribution >= 4 is 28.5 Å². The van der Waals surface area contributed by atoms with Gasteiger partial charge in [0, 0.05) is 22.3 Å². The van der Waals surface area contributed by atoms with E-state index in [1.165, 1.54) is 0 Å². The van der Waals surface area contributed by atoms with E-state index in [0.29, 0.717) is 18.7 Å². The Labute approximate surface area is 116 Å². The second-order valence-corrected chi connectivity index (χ2v) is 5.28. The van der Waals surface area contributed by atoms with Crippen LogP contribution in [0, 0.1) is 3.57 Å². The molecule has 1 aromatic rings. The first-order chi connectivity index (χ1) is 8.09.